The zero-order valence-corrected chi connectivity index (χ0v) is 16.2. The van der Waals surface area contributed by atoms with E-state index in [0.717, 1.165) is 35.0 Å². The van der Waals surface area contributed by atoms with Crippen LogP contribution in [-0.2, 0) is 6.18 Å². The van der Waals surface area contributed by atoms with Gasteiger partial charge in [0.2, 0.25) is 0 Å². The summed E-state index contributed by atoms with van der Waals surface area (Å²) in [6, 6.07) is 8.09. The molecule has 31 heavy (non-hydrogen) atoms. The molecule has 1 aliphatic heterocycles. The number of piperazine rings is 1. The molecule has 0 aliphatic carbocycles. The van der Waals surface area contributed by atoms with Crippen molar-refractivity contribution in [2.75, 3.05) is 36.0 Å². The van der Waals surface area contributed by atoms with E-state index in [1.807, 2.05) is 23.1 Å². The Balaban J connectivity index is 1.36. The van der Waals surface area contributed by atoms with Crippen molar-refractivity contribution < 1.29 is 13.2 Å². The molecule has 0 amide bonds. The lowest BCUT2D eigenvalue weighted by molar-refractivity contribution is -0.137. The molecule has 8 nitrogen and oxygen atoms in total. The van der Waals surface area contributed by atoms with E-state index in [1.54, 1.807) is 6.20 Å². The van der Waals surface area contributed by atoms with Gasteiger partial charge < -0.3 is 9.80 Å². The van der Waals surface area contributed by atoms with Gasteiger partial charge in [0, 0.05) is 38.6 Å². The molecule has 4 aromatic rings. The van der Waals surface area contributed by atoms with Crippen molar-refractivity contribution in [1.29, 1.82) is 0 Å². The third-order valence-corrected chi connectivity index (χ3v) is 5.22. The van der Waals surface area contributed by atoms with Crippen LogP contribution in [0.5, 0.6) is 0 Å². The lowest BCUT2D eigenvalue weighted by Gasteiger charge is -2.36. The number of halogens is 3. The van der Waals surface area contributed by atoms with Crippen LogP contribution in [0.4, 0.5) is 24.8 Å². The van der Waals surface area contributed by atoms with E-state index < -0.39 is 11.7 Å². The molecule has 4 aromatic heterocycles. The number of pyridine rings is 2. The number of H-pyrrole nitrogens is 1. The number of hydrogen-bond donors (Lipinski definition) is 1. The molecular formula is C20H17F3N8. The second-order valence-corrected chi connectivity index (χ2v) is 7.11. The number of hydrogen-bond acceptors (Lipinski definition) is 7. The molecule has 11 heteroatoms. The predicted molar refractivity (Wildman–Crippen MR) is 109 cm³/mol. The average Bonchev–Trinajstić information content (AvgIpc) is 3.33. The Morgan fingerprint density at radius 1 is 0.871 bits per heavy atom. The minimum atomic E-state index is -4.39. The Morgan fingerprint density at radius 2 is 1.68 bits per heavy atom. The first-order valence-corrected chi connectivity index (χ1v) is 9.64. The van der Waals surface area contributed by atoms with E-state index in [9.17, 15) is 13.2 Å². The van der Waals surface area contributed by atoms with Crippen LogP contribution in [0.1, 0.15) is 5.56 Å². The van der Waals surface area contributed by atoms with Gasteiger partial charge in [0.15, 0.2) is 5.82 Å². The van der Waals surface area contributed by atoms with Gasteiger partial charge in [-0.15, -0.1) is 0 Å². The molecule has 5 heterocycles. The molecule has 5 rings (SSSR count). The summed E-state index contributed by atoms with van der Waals surface area (Å²) in [5.74, 6) is 1.26. The Bertz CT molecular complexity index is 1180. The van der Waals surface area contributed by atoms with Gasteiger partial charge in [-0.25, -0.2) is 19.9 Å². The van der Waals surface area contributed by atoms with Crippen LogP contribution >= 0.6 is 0 Å². The summed E-state index contributed by atoms with van der Waals surface area (Å²) in [5.41, 5.74) is 2.22. The molecule has 1 N–H and O–H groups in total. The van der Waals surface area contributed by atoms with Crippen molar-refractivity contribution in [3.8, 4) is 11.4 Å². The first kappa shape index (κ1) is 19.2. The van der Waals surface area contributed by atoms with E-state index in [1.165, 1.54) is 12.4 Å². The van der Waals surface area contributed by atoms with Crippen LogP contribution in [0.3, 0.4) is 0 Å². The van der Waals surface area contributed by atoms with Gasteiger partial charge in [0.1, 0.15) is 17.7 Å². The quantitative estimate of drug-likeness (QED) is 0.539. The lowest BCUT2D eigenvalue weighted by Crippen LogP contribution is -2.47. The van der Waals surface area contributed by atoms with E-state index >= 15 is 0 Å². The van der Waals surface area contributed by atoms with Gasteiger partial charge in [0.25, 0.3) is 0 Å². The van der Waals surface area contributed by atoms with Crippen molar-refractivity contribution in [3.63, 3.8) is 0 Å². The molecule has 0 bridgehead atoms. The fraction of sp³-hybridized carbons (Fsp3) is 0.250. The highest BCUT2D eigenvalue weighted by atomic mass is 19.4. The average molecular weight is 426 g/mol. The molecule has 0 unspecified atom stereocenters. The summed E-state index contributed by atoms with van der Waals surface area (Å²) < 4.78 is 38.3. The molecule has 0 aromatic carbocycles. The van der Waals surface area contributed by atoms with Crippen molar-refractivity contribution >= 4 is 22.7 Å². The maximum atomic E-state index is 12.8. The van der Waals surface area contributed by atoms with Crippen molar-refractivity contribution in [1.82, 2.24) is 30.1 Å². The number of fused-ring (bicyclic) bond motifs is 1. The second kappa shape index (κ2) is 7.49. The van der Waals surface area contributed by atoms with Crippen LogP contribution in [0, 0.1) is 0 Å². The Morgan fingerprint density at radius 3 is 2.35 bits per heavy atom. The zero-order valence-electron chi connectivity index (χ0n) is 16.2. The number of anilines is 2. The van der Waals surface area contributed by atoms with Gasteiger partial charge in [-0.3, -0.25) is 5.10 Å². The van der Waals surface area contributed by atoms with Crippen molar-refractivity contribution in [2.24, 2.45) is 0 Å². The Labute approximate surface area is 174 Å². The van der Waals surface area contributed by atoms with Crippen LogP contribution in [0.2, 0.25) is 0 Å². The molecule has 1 aliphatic rings. The molecule has 158 valence electrons. The highest BCUT2D eigenvalue weighted by molar-refractivity contribution is 5.87. The molecule has 0 spiro atoms. The fourth-order valence-electron chi connectivity index (χ4n) is 3.60. The minimum absolute atomic E-state index is 0.528. The lowest BCUT2D eigenvalue weighted by atomic mass is 10.2. The Kier molecular flexibility index (Phi) is 4.64. The second-order valence-electron chi connectivity index (χ2n) is 7.11. The van der Waals surface area contributed by atoms with Crippen LogP contribution < -0.4 is 9.80 Å². The van der Waals surface area contributed by atoms with Crippen LogP contribution in [-0.4, -0.2) is 56.3 Å². The van der Waals surface area contributed by atoms with Gasteiger partial charge in [0.05, 0.1) is 22.5 Å². The number of nitrogens with one attached hydrogen (secondary N) is 1. The SMILES string of the molecule is FC(F)(F)c1ccc(N2CCN(c3ncnc4ccc(-c5ccn[nH]5)nc34)CC2)nc1. The number of alkyl halides is 3. The summed E-state index contributed by atoms with van der Waals surface area (Å²) in [6.07, 6.45) is -0.335. The number of nitrogens with zero attached hydrogens (tertiary/aromatic N) is 7. The van der Waals surface area contributed by atoms with Crippen molar-refractivity contribution in [2.45, 2.75) is 6.18 Å². The smallest absolute Gasteiger partial charge is 0.353 e. The Hall–Kier alpha value is -3.76. The monoisotopic (exact) mass is 426 g/mol. The summed E-state index contributed by atoms with van der Waals surface area (Å²) >= 11 is 0. The van der Waals surface area contributed by atoms with Crippen LogP contribution in [0.25, 0.3) is 22.4 Å². The fourth-order valence-corrected chi connectivity index (χ4v) is 3.60. The number of aromatic amines is 1. The van der Waals surface area contributed by atoms with Gasteiger partial charge in [-0.2, -0.15) is 18.3 Å². The first-order chi connectivity index (χ1) is 15.0. The van der Waals surface area contributed by atoms with Gasteiger partial charge in [-0.1, -0.05) is 0 Å². The molecular weight excluding hydrogens is 409 g/mol. The minimum Gasteiger partial charge on any atom is -0.353 e. The zero-order chi connectivity index (χ0) is 21.4. The van der Waals surface area contributed by atoms with E-state index in [-0.39, 0.29) is 0 Å². The molecule has 0 atom stereocenters. The standard InChI is InChI=1S/C20H17F3N8/c21-20(22,23)13-1-4-17(24-11-13)30-7-9-31(10-8-30)19-18-16(25-12-26-19)3-2-14(28-18)15-5-6-27-29-15/h1-6,11-12H,7-10H2,(H,27,29). The third kappa shape index (κ3) is 3.74. The maximum absolute atomic E-state index is 12.8. The van der Waals surface area contributed by atoms with Crippen molar-refractivity contribution in [3.05, 3.63) is 54.6 Å². The number of aromatic nitrogens is 6. The van der Waals surface area contributed by atoms with Gasteiger partial charge in [-0.05, 0) is 30.3 Å². The number of rotatable bonds is 3. The topological polar surface area (TPSA) is 86.7 Å². The summed E-state index contributed by atoms with van der Waals surface area (Å²) in [6.45, 7) is 2.46. The van der Waals surface area contributed by atoms with E-state index in [2.05, 4.69) is 30.0 Å². The molecule has 0 saturated carbocycles. The predicted octanol–water partition coefficient (Wildman–Crippen LogP) is 3.16. The van der Waals surface area contributed by atoms with E-state index in [4.69, 9.17) is 4.98 Å². The highest BCUT2D eigenvalue weighted by Crippen LogP contribution is 2.30. The molecule has 1 saturated heterocycles. The summed E-state index contributed by atoms with van der Waals surface area (Å²) in [5, 5.41) is 6.87. The summed E-state index contributed by atoms with van der Waals surface area (Å²) in [4.78, 5) is 21.6. The van der Waals surface area contributed by atoms with E-state index in [0.29, 0.717) is 37.5 Å². The summed E-state index contributed by atoms with van der Waals surface area (Å²) in [7, 11) is 0. The molecule has 0 radical (unpaired) electrons. The third-order valence-electron chi connectivity index (χ3n) is 5.22. The highest BCUT2D eigenvalue weighted by Gasteiger charge is 2.31. The normalized spacial score (nSPS) is 14.9. The largest absolute Gasteiger partial charge is 0.417 e. The molecule has 1 fully saturated rings. The van der Waals surface area contributed by atoms with Gasteiger partial charge >= 0.3 is 6.18 Å². The van der Waals surface area contributed by atoms with Crippen LogP contribution in [0.15, 0.2) is 49.1 Å². The first-order valence-electron chi connectivity index (χ1n) is 9.64. The maximum Gasteiger partial charge on any atom is 0.417 e.